The quantitative estimate of drug-likeness (QED) is 0.596. The van der Waals surface area contributed by atoms with Gasteiger partial charge in [0.1, 0.15) is 18.2 Å². The molecule has 1 aliphatic heterocycles. The van der Waals surface area contributed by atoms with E-state index in [9.17, 15) is 5.11 Å². The zero-order chi connectivity index (χ0) is 21.7. The maximum atomic E-state index is 11.2. The minimum atomic E-state index is -0.780. The summed E-state index contributed by atoms with van der Waals surface area (Å²) < 4.78 is 7.78. The summed E-state index contributed by atoms with van der Waals surface area (Å²) in [6, 6.07) is 9.91. The van der Waals surface area contributed by atoms with Crippen molar-refractivity contribution in [2.45, 2.75) is 31.6 Å². The van der Waals surface area contributed by atoms with Crippen LogP contribution < -0.4 is 9.64 Å². The second-order valence-corrected chi connectivity index (χ2v) is 8.36. The highest BCUT2D eigenvalue weighted by atomic mass is 16.5. The van der Waals surface area contributed by atoms with E-state index in [2.05, 4.69) is 36.9 Å². The number of rotatable bonds is 8. The van der Waals surface area contributed by atoms with Gasteiger partial charge >= 0.3 is 0 Å². The number of aryl methyl sites for hydroxylation is 1. The number of aliphatic hydroxyl groups is 1. The van der Waals surface area contributed by atoms with Crippen molar-refractivity contribution in [1.82, 2.24) is 24.4 Å². The molecule has 1 atom stereocenters. The van der Waals surface area contributed by atoms with Crippen LogP contribution in [0.15, 0.2) is 55.1 Å². The monoisotopic (exact) mass is 422 g/mol. The predicted molar refractivity (Wildman–Crippen MR) is 119 cm³/mol. The van der Waals surface area contributed by atoms with E-state index >= 15 is 0 Å². The Morgan fingerprint density at radius 3 is 2.61 bits per heavy atom. The summed E-state index contributed by atoms with van der Waals surface area (Å²) >= 11 is 0. The Morgan fingerprint density at radius 2 is 1.90 bits per heavy atom. The number of hydrogen-bond donors (Lipinski definition) is 1. The molecule has 1 aliphatic rings. The van der Waals surface area contributed by atoms with E-state index in [-0.39, 0.29) is 0 Å². The zero-order valence-corrected chi connectivity index (χ0v) is 18.2. The van der Waals surface area contributed by atoms with E-state index in [1.54, 1.807) is 18.6 Å². The fraction of sp³-hybridized carbons (Fsp3) is 0.435. The molecule has 3 aromatic rings. The first-order valence-corrected chi connectivity index (χ1v) is 10.6. The summed E-state index contributed by atoms with van der Waals surface area (Å²) in [5, 5.41) is 11.2. The van der Waals surface area contributed by atoms with Gasteiger partial charge in [0, 0.05) is 51.5 Å². The van der Waals surface area contributed by atoms with Gasteiger partial charge in [0.2, 0.25) is 5.95 Å². The molecular weight excluding hydrogens is 392 g/mol. The van der Waals surface area contributed by atoms with Crippen molar-refractivity contribution >= 4 is 5.95 Å². The van der Waals surface area contributed by atoms with Crippen LogP contribution in [-0.2, 0) is 20.2 Å². The average Bonchev–Trinajstić information content (AvgIpc) is 3.18. The summed E-state index contributed by atoms with van der Waals surface area (Å²) in [5.74, 6) is 2.39. The first-order chi connectivity index (χ1) is 15.0. The molecule has 31 heavy (non-hydrogen) atoms. The van der Waals surface area contributed by atoms with Gasteiger partial charge in [-0.15, -0.1) is 0 Å². The number of benzene rings is 1. The van der Waals surface area contributed by atoms with Gasteiger partial charge in [-0.1, -0.05) is 12.1 Å². The number of nitrogens with zero attached hydrogens (tertiary/aromatic N) is 6. The Morgan fingerprint density at radius 1 is 1.13 bits per heavy atom. The molecule has 1 saturated heterocycles. The van der Waals surface area contributed by atoms with Crippen molar-refractivity contribution in [1.29, 1.82) is 0 Å². The summed E-state index contributed by atoms with van der Waals surface area (Å²) in [6.45, 7) is 3.20. The summed E-state index contributed by atoms with van der Waals surface area (Å²) in [5.41, 5.74) is 0.395. The van der Waals surface area contributed by atoms with E-state index in [4.69, 9.17) is 4.74 Å². The first-order valence-electron chi connectivity index (χ1n) is 10.6. The van der Waals surface area contributed by atoms with Crippen LogP contribution in [0.2, 0.25) is 0 Å². The van der Waals surface area contributed by atoms with E-state index in [1.807, 2.05) is 43.1 Å². The Kier molecular flexibility index (Phi) is 6.48. The van der Waals surface area contributed by atoms with Gasteiger partial charge < -0.3 is 19.3 Å². The molecule has 2 aromatic heterocycles. The number of aromatic nitrogens is 4. The lowest BCUT2D eigenvalue weighted by atomic mass is 9.92. The minimum Gasteiger partial charge on any atom is -0.486 e. The fourth-order valence-electron chi connectivity index (χ4n) is 4.11. The van der Waals surface area contributed by atoms with Crippen LogP contribution in [0.5, 0.6) is 5.75 Å². The van der Waals surface area contributed by atoms with Crippen LogP contribution >= 0.6 is 0 Å². The van der Waals surface area contributed by atoms with Crippen molar-refractivity contribution in [3.8, 4) is 5.75 Å². The highest BCUT2D eigenvalue weighted by Crippen LogP contribution is 2.25. The molecule has 0 radical (unpaired) electrons. The number of piperidine rings is 1. The molecule has 164 valence electrons. The molecule has 0 amide bonds. The van der Waals surface area contributed by atoms with Crippen molar-refractivity contribution in [2.75, 3.05) is 31.6 Å². The molecule has 4 rings (SSSR count). The number of β-amino-alcohol motifs (C(OH)–C–C–N with tert-alkyl or cyclic N) is 1. The van der Waals surface area contributed by atoms with Crippen LogP contribution in [0.1, 0.15) is 24.2 Å². The van der Waals surface area contributed by atoms with Crippen molar-refractivity contribution in [2.24, 2.45) is 7.05 Å². The summed E-state index contributed by atoms with van der Waals surface area (Å²) in [4.78, 5) is 17.2. The lowest BCUT2D eigenvalue weighted by Crippen LogP contribution is -2.54. The summed E-state index contributed by atoms with van der Waals surface area (Å²) in [6.07, 6.45) is 8.86. The van der Waals surface area contributed by atoms with E-state index in [0.29, 0.717) is 25.6 Å². The Balaban J connectivity index is 1.29. The number of hydrogen-bond acceptors (Lipinski definition) is 7. The van der Waals surface area contributed by atoms with Crippen molar-refractivity contribution < 1.29 is 9.84 Å². The van der Waals surface area contributed by atoms with Gasteiger partial charge in [0.25, 0.3) is 0 Å². The van der Waals surface area contributed by atoms with Crippen LogP contribution in [0.4, 0.5) is 5.95 Å². The topological polar surface area (TPSA) is 79.5 Å². The van der Waals surface area contributed by atoms with E-state index in [0.717, 1.165) is 37.5 Å². The lowest BCUT2D eigenvalue weighted by molar-refractivity contribution is -0.00366. The van der Waals surface area contributed by atoms with Gasteiger partial charge in [-0.2, -0.15) is 0 Å². The Labute approximate surface area is 183 Å². The zero-order valence-electron chi connectivity index (χ0n) is 18.2. The molecule has 8 heteroatoms. The fourth-order valence-corrected chi connectivity index (χ4v) is 4.11. The van der Waals surface area contributed by atoms with Crippen LogP contribution in [0, 0.1) is 0 Å². The highest BCUT2D eigenvalue weighted by Gasteiger charge is 2.35. The second-order valence-electron chi connectivity index (χ2n) is 8.36. The molecule has 0 aliphatic carbocycles. The van der Waals surface area contributed by atoms with Gasteiger partial charge in [-0.25, -0.2) is 15.0 Å². The van der Waals surface area contributed by atoms with E-state index < -0.39 is 5.60 Å². The van der Waals surface area contributed by atoms with Crippen LogP contribution in [0.25, 0.3) is 0 Å². The molecular formula is C23H30N6O2. The maximum Gasteiger partial charge on any atom is 0.225 e. The highest BCUT2D eigenvalue weighted by molar-refractivity contribution is 5.31. The molecule has 0 spiro atoms. The molecule has 1 fully saturated rings. The predicted octanol–water partition coefficient (Wildman–Crippen LogP) is 2.25. The summed E-state index contributed by atoms with van der Waals surface area (Å²) in [7, 11) is 4.00. The van der Waals surface area contributed by atoms with Gasteiger partial charge in [0.05, 0.1) is 12.1 Å². The average molecular weight is 423 g/mol. The normalized spacial score (nSPS) is 19.0. The Bertz CT molecular complexity index is 962. The van der Waals surface area contributed by atoms with Gasteiger partial charge in [-0.3, -0.25) is 4.90 Å². The Hall–Kier alpha value is -2.97. The number of likely N-dealkylation sites (N-methyl/N-ethyl adjacent to an activating group) is 1. The standard InChI is InChI=1S/C23H30N6O2/c1-27(17-23(30)9-3-13-29(18-23)22-25-10-4-11-26-22)15-19-5-7-20(8-6-19)31-16-21-24-12-14-28(21)2/h4-8,10-12,14,30H,3,9,13,15-18H2,1-2H3. The molecule has 1 N–H and O–H groups in total. The third kappa shape index (κ3) is 5.59. The molecule has 1 unspecified atom stereocenters. The SMILES string of the molecule is CN(Cc1ccc(OCc2nccn2C)cc1)CC1(O)CCCN(c2ncccn2)C1. The number of anilines is 1. The third-order valence-electron chi connectivity index (χ3n) is 5.62. The lowest BCUT2D eigenvalue weighted by Gasteiger charge is -2.41. The van der Waals surface area contributed by atoms with Gasteiger partial charge in [-0.05, 0) is 43.7 Å². The number of ether oxygens (including phenoxy) is 1. The maximum absolute atomic E-state index is 11.2. The van der Waals surface area contributed by atoms with Crippen LogP contribution in [-0.4, -0.2) is 61.8 Å². The van der Waals surface area contributed by atoms with Crippen molar-refractivity contribution in [3.63, 3.8) is 0 Å². The smallest absolute Gasteiger partial charge is 0.225 e. The van der Waals surface area contributed by atoms with Crippen molar-refractivity contribution in [3.05, 3.63) is 66.5 Å². The molecule has 0 bridgehead atoms. The van der Waals surface area contributed by atoms with Gasteiger partial charge in [0.15, 0.2) is 0 Å². The first kappa shape index (κ1) is 21.3. The molecule has 1 aromatic carbocycles. The third-order valence-corrected chi connectivity index (χ3v) is 5.62. The minimum absolute atomic E-state index is 0.442. The number of imidazole rings is 1. The molecule has 0 saturated carbocycles. The second kappa shape index (κ2) is 9.45. The van der Waals surface area contributed by atoms with Crippen LogP contribution in [0.3, 0.4) is 0 Å². The molecule has 8 nitrogen and oxygen atoms in total. The largest absolute Gasteiger partial charge is 0.486 e. The van der Waals surface area contributed by atoms with E-state index in [1.165, 1.54) is 5.56 Å². The molecule has 3 heterocycles.